The maximum absolute atomic E-state index is 14.0. The zero-order valence-corrected chi connectivity index (χ0v) is 23.4. The van der Waals surface area contributed by atoms with Crippen molar-refractivity contribution in [2.24, 2.45) is 5.92 Å². The van der Waals surface area contributed by atoms with Gasteiger partial charge in [0.2, 0.25) is 5.91 Å². The van der Waals surface area contributed by atoms with Gasteiger partial charge in [0, 0.05) is 55.4 Å². The maximum atomic E-state index is 14.0. The van der Waals surface area contributed by atoms with E-state index < -0.39 is 5.92 Å². The Morgan fingerprint density at radius 2 is 1.68 bits per heavy atom. The quantitative estimate of drug-likeness (QED) is 0.420. The van der Waals surface area contributed by atoms with Crippen LogP contribution in [-0.4, -0.2) is 65.8 Å². The normalized spacial score (nSPS) is 20.5. The molecule has 3 aromatic rings. The average molecular weight is 531 g/mol. The van der Waals surface area contributed by atoms with Crippen molar-refractivity contribution in [2.75, 3.05) is 44.6 Å². The van der Waals surface area contributed by atoms with Crippen LogP contribution in [0, 0.1) is 5.92 Å². The van der Waals surface area contributed by atoms with Crippen LogP contribution in [-0.2, 0) is 11.3 Å². The summed E-state index contributed by atoms with van der Waals surface area (Å²) in [6.45, 7) is 13.5. The smallest absolute Gasteiger partial charge is 0.254 e. The Labute approximate surface area is 230 Å². The number of fused-ring (bicyclic) bond motifs is 1. The van der Waals surface area contributed by atoms with Crippen LogP contribution in [0.2, 0.25) is 0 Å². The monoisotopic (exact) mass is 530 g/mol. The third-order valence-corrected chi connectivity index (χ3v) is 8.60. The van der Waals surface area contributed by atoms with Crippen molar-refractivity contribution in [2.45, 2.75) is 39.3 Å². The summed E-state index contributed by atoms with van der Waals surface area (Å²) in [4.78, 5) is 35.5. The molecule has 1 N–H and O–H groups in total. The lowest BCUT2D eigenvalue weighted by Crippen LogP contribution is -2.47. The molecule has 0 unspecified atom stereocenters. The summed E-state index contributed by atoms with van der Waals surface area (Å²) >= 11 is 1.60. The van der Waals surface area contributed by atoms with Gasteiger partial charge in [0.25, 0.3) is 5.91 Å². The average Bonchev–Trinajstić information content (AvgIpc) is 3.46. The summed E-state index contributed by atoms with van der Waals surface area (Å²) in [7, 11) is 0. The first kappa shape index (κ1) is 26.6. The number of hydrogen-bond donors (Lipinski definition) is 1. The van der Waals surface area contributed by atoms with Crippen molar-refractivity contribution in [1.29, 1.82) is 0 Å². The largest absolute Gasteiger partial charge is 0.329 e. The molecule has 2 atom stereocenters. The van der Waals surface area contributed by atoms with Crippen LogP contribution in [0.3, 0.4) is 0 Å². The van der Waals surface area contributed by atoms with Gasteiger partial charge in [0.15, 0.2) is 0 Å². The lowest BCUT2D eigenvalue weighted by atomic mass is 9.81. The number of nitrogens with zero attached hydrogens (tertiary/aromatic N) is 3. The number of hydrogen-bond acceptors (Lipinski definition) is 5. The molecule has 2 aliphatic rings. The Morgan fingerprint density at radius 3 is 2.34 bits per heavy atom. The summed E-state index contributed by atoms with van der Waals surface area (Å²) in [6.07, 6.45) is 0. The summed E-state index contributed by atoms with van der Waals surface area (Å²) in [6, 6.07) is 19.5. The van der Waals surface area contributed by atoms with Gasteiger partial charge in [-0.2, -0.15) is 0 Å². The topological polar surface area (TPSA) is 55.9 Å². The Morgan fingerprint density at radius 1 is 0.974 bits per heavy atom. The summed E-state index contributed by atoms with van der Waals surface area (Å²) in [5.74, 6) is -0.287. The predicted molar refractivity (Wildman–Crippen MR) is 155 cm³/mol. The van der Waals surface area contributed by atoms with E-state index in [1.165, 1.54) is 5.56 Å². The number of amides is 2. The predicted octanol–water partition coefficient (Wildman–Crippen LogP) is 5.46. The van der Waals surface area contributed by atoms with Crippen molar-refractivity contribution in [1.82, 2.24) is 14.7 Å². The fraction of sp³-hybridized carbons (Fsp3) is 0.419. The minimum atomic E-state index is -0.490. The van der Waals surface area contributed by atoms with E-state index in [1.54, 1.807) is 11.3 Å². The highest BCUT2D eigenvalue weighted by molar-refractivity contribution is 7.10. The summed E-state index contributed by atoms with van der Waals surface area (Å²) < 4.78 is 0. The fourth-order valence-corrected chi connectivity index (χ4v) is 6.56. The second kappa shape index (κ2) is 11.8. The molecule has 2 aliphatic heterocycles. The number of nitrogens with one attached hydrogen (secondary N) is 1. The number of anilines is 1. The summed E-state index contributed by atoms with van der Waals surface area (Å²) in [5.41, 5.74) is 3.46. The third kappa shape index (κ3) is 5.70. The number of benzene rings is 2. The molecule has 38 heavy (non-hydrogen) atoms. The van der Waals surface area contributed by atoms with Crippen molar-refractivity contribution >= 4 is 28.8 Å². The molecule has 6 nitrogen and oxygen atoms in total. The highest BCUT2D eigenvalue weighted by Gasteiger charge is 2.44. The van der Waals surface area contributed by atoms with Crippen molar-refractivity contribution < 1.29 is 9.59 Å². The number of rotatable bonds is 8. The molecule has 0 aliphatic carbocycles. The van der Waals surface area contributed by atoms with E-state index in [2.05, 4.69) is 48.0 Å². The lowest BCUT2D eigenvalue weighted by Gasteiger charge is -2.42. The number of piperazine rings is 1. The summed E-state index contributed by atoms with van der Waals surface area (Å²) in [5, 5.41) is 5.20. The van der Waals surface area contributed by atoms with Crippen LogP contribution < -0.4 is 5.32 Å². The molecule has 1 saturated heterocycles. The molecule has 2 amide bonds. The van der Waals surface area contributed by atoms with Gasteiger partial charge in [0.1, 0.15) is 0 Å². The van der Waals surface area contributed by atoms with Gasteiger partial charge in [-0.1, -0.05) is 57.2 Å². The molecule has 1 fully saturated rings. The molecule has 0 spiro atoms. The first-order valence-electron chi connectivity index (χ1n) is 13.7. The lowest BCUT2D eigenvalue weighted by molar-refractivity contribution is -0.119. The Bertz CT molecular complexity index is 1230. The fourth-order valence-electron chi connectivity index (χ4n) is 5.68. The molecule has 5 rings (SSSR count). The van der Waals surface area contributed by atoms with E-state index >= 15 is 0 Å². The van der Waals surface area contributed by atoms with Gasteiger partial charge in [-0.3, -0.25) is 14.5 Å². The van der Waals surface area contributed by atoms with Crippen molar-refractivity contribution in [3.05, 3.63) is 87.6 Å². The van der Waals surface area contributed by atoms with Crippen LogP contribution in [0.4, 0.5) is 5.69 Å². The Balaban J connectivity index is 1.37. The molecule has 3 heterocycles. The van der Waals surface area contributed by atoms with E-state index in [1.807, 2.05) is 58.8 Å². The standard InChI is InChI=1S/C31H38N4O2S/c1-4-33-15-17-34(18-16-33)21-23-11-13-24(14-12-23)32-30(36)28-25-8-5-6-9-26(25)31(37)35(20-22(2)3)29(28)27-10-7-19-38-27/h5-14,19,22,28-29H,4,15-18,20-21H2,1-3H3,(H,32,36)/t28-,29+/m1/s1. The van der Waals surface area contributed by atoms with Crippen molar-refractivity contribution in [3.8, 4) is 0 Å². The van der Waals surface area contributed by atoms with Crippen LogP contribution in [0.15, 0.2) is 66.0 Å². The minimum Gasteiger partial charge on any atom is -0.329 e. The number of thiophene rings is 1. The first-order chi connectivity index (χ1) is 18.4. The Kier molecular flexibility index (Phi) is 8.27. The van der Waals surface area contributed by atoms with E-state index in [0.717, 1.165) is 55.4 Å². The van der Waals surface area contributed by atoms with Crippen LogP contribution in [0.25, 0.3) is 0 Å². The zero-order chi connectivity index (χ0) is 26.6. The molecule has 0 radical (unpaired) electrons. The van der Waals surface area contributed by atoms with Gasteiger partial charge in [0.05, 0.1) is 12.0 Å². The van der Waals surface area contributed by atoms with Crippen LogP contribution in [0.5, 0.6) is 0 Å². The van der Waals surface area contributed by atoms with Crippen LogP contribution in [0.1, 0.15) is 59.1 Å². The Hall–Kier alpha value is -3.00. The van der Waals surface area contributed by atoms with Gasteiger partial charge in [-0.15, -0.1) is 11.3 Å². The number of carbonyl (C=O) groups excluding carboxylic acids is 2. The molecular weight excluding hydrogens is 492 g/mol. The second-order valence-corrected chi connectivity index (χ2v) is 11.8. The van der Waals surface area contributed by atoms with E-state index in [4.69, 9.17) is 0 Å². The molecular formula is C31H38N4O2S. The van der Waals surface area contributed by atoms with E-state index in [9.17, 15) is 9.59 Å². The van der Waals surface area contributed by atoms with Gasteiger partial charge in [-0.05, 0) is 53.2 Å². The zero-order valence-electron chi connectivity index (χ0n) is 22.6. The van der Waals surface area contributed by atoms with E-state index in [0.29, 0.717) is 12.1 Å². The van der Waals surface area contributed by atoms with E-state index in [-0.39, 0.29) is 23.8 Å². The number of likely N-dealkylation sites (N-methyl/N-ethyl adjacent to an activating group) is 1. The molecule has 7 heteroatoms. The van der Waals surface area contributed by atoms with Gasteiger partial charge < -0.3 is 15.1 Å². The molecule has 2 aromatic carbocycles. The molecule has 0 saturated carbocycles. The SMILES string of the molecule is CCN1CCN(Cc2ccc(NC(=O)[C@@H]3c4ccccc4C(=O)N(CC(C)C)[C@H]3c3cccs3)cc2)CC1. The highest BCUT2D eigenvalue weighted by Crippen LogP contribution is 2.45. The van der Waals surface area contributed by atoms with Gasteiger partial charge >= 0.3 is 0 Å². The maximum Gasteiger partial charge on any atom is 0.254 e. The minimum absolute atomic E-state index is 0.000808. The number of carbonyl (C=O) groups is 2. The molecule has 0 bridgehead atoms. The first-order valence-corrected chi connectivity index (χ1v) is 14.6. The third-order valence-electron chi connectivity index (χ3n) is 7.66. The van der Waals surface area contributed by atoms with Gasteiger partial charge in [-0.25, -0.2) is 0 Å². The molecule has 1 aromatic heterocycles. The molecule has 200 valence electrons. The van der Waals surface area contributed by atoms with Crippen LogP contribution >= 0.6 is 11.3 Å². The van der Waals surface area contributed by atoms with Crippen molar-refractivity contribution in [3.63, 3.8) is 0 Å². The highest BCUT2D eigenvalue weighted by atomic mass is 32.1. The second-order valence-electron chi connectivity index (χ2n) is 10.8.